The van der Waals surface area contributed by atoms with Crippen LogP contribution >= 0.6 is 0 Å². The van der Waals surface area contributed by atoms with E-state index in [1.165, 1.54) is 94.4 Å². The highest BCUT2D eigenvalue weighted by atomic mass is 16.3. The van der Waals surface area contributed by atoms with E-state index in [0.717, 1.165) is 44.4 Å². The average molecular weight is 948 g/mol. The molecule has 11 aromatic rings. The number of anilines is 6. The van der Waals surface area contributed by atoms with E-state index >= 15 is 0 Å². The predicted octanol–water partition coefficient (Wildman–Crippen LogP) is 16.9. The number of hydrogen-bond acceptors (Lipinski definition) is 3. The standard InChI is InChI=1S/C68H62BN3O/c1-41-34-45(67(6,7)8)35-42(2)64(41)72-59-40-57-53(50-22-15-17-26-56(50)70(57)47-20-13-12-14-21-47)39-55(59)69-54-33-30-44(66(3,4)5)36-58(54)71(60-37-46(68(9,10)11)38-61(72)63(60)69)48-31-28-43(29-32-48)49-24-19-25-52-51-23-16-18-27-62(51)73-65(49)52/h12-40H,1-11H3. The minimum Gasteiger partial charge on any atom is -0.455 e. The van der Waals surface area contributed by atoms with Crippen LogP contribution in [0.15, 0.2) is 180 Å². The van der Waals surface area contributed by atoms with E-state index in [1.54, 1.807) is 0 Å². The SMILES string of the molecule is Cc1cc(C(C)(C)C)cc(C)c1N1c2cc3c(cc2B2c4ccc(C(C)(C)C)cc4N(c4ccc(-c5cccc6c5oc5ccccc56)cc4)c4cc(C(C)(C)C)cc1c42)c1ccccc1n3-c1ccccc1. The number of rotatable bonds is 4. The van der Waals surface area contributed by atoms with E-state index in [2.05, 4.69) is 260 Å². The smallest absolute Gasteiger partial charge is 0.252 e. The molecule has 0 aliphatic carbocycles. The van der Waals surface area contributed by atoms with Crippen molar-refractivity contribution < 1.29 is 4.42 Å². The summed E-state index contributed by atoms with van der Waals surface area (Å²) in [6, 6.07) is 66.4. The Kier molecular flexibility index (Phi) is 9.81. The highest BCUT2D eigenvalue weighted by Gasteiger charge is 2.45. The molecule has 9 aromatic carbocycles. The van der Waals surface area contributed by atoms with Crippen LogP contribution in [0, 0.1) is 13.8 Å². The molecule has 13 rings (SSSR count). The largest absolute Gasteiger partial charge is 0.455 e. The van der Waals surface area contributed by atoms with Gasteiger partial charge in [-0.25, -0.2) is 0 Å². The fraction of sp³-hybridized carbons (Fsp3) is 0.206. The van der Waals surface area contributed by atoms with Crippen molar-refractivity contribution in [3.8, 4) is 16.8 Å². The predicted molar refractivity (Wildman–Crippen MR) is 313 cm³/mol. The van der Waals surface area contributed by atoms with Gasteiger partial charge in [-0.05, 0) is 141 Å². The molecule has 0 N–H and O–H groups in total. The summed E-state index contributed by atoms with van der Waals surface area (Å²) in [6.07, 6.45) is 0. The van der Waals surface area contributed by atoms with Gasteiger partial charge in [0.15, 0.2) is 0 Å². The van der Waals surface area contributed by atoms with E-state index < -0.39 is 0 Å². The van der Waals surface area contributed by atoms with Gasteiger partial charge in [-0.1, -0.05) is 178 Å². The third-order valence-corrected chi connectivity index (χ3v) is 16.0. The molecule has 0 saturated heterocycles. The van der Waals surface area contributed by atoms with Crippen LogP contribution in [-0.2, 0) is 16.2 Å². The van der Waals surface area contributed by atoms with Crippen LogP contribution < -0.4 is 26.2 Å². The molecule has 0 atom stereocenters. The Bertz CT molecular complexity index is 4040. The topological polar surface area (TPSA) is 24.6 Å². The summed E-state index contributed by atoms with van der Waals surface area (Å²) < 4.78 is 9.06. The number of aryl methyl sites for hydroxylation is 2. The molecule has 0 saturated carbocycles. The molecule has 5 heteroatoms. The van der Waals surface area contributed by atoms with E-state index in [4.69, 9.17) is 4.42 Å². The van der Waals surface area contributed by atoms with E-state index in [0.29, 0.717) is 0 Å². The molecular formula is C68H62BN3O. The summed E-state index contributed by atoms with van der Waals surface area (Å²) in [5.74, 6) is 0. The Balaban J connectivity index is 1.12. The average Bonchev–Trinajstić information content (AvgIpc) is 3.91. The Morgan fingerprint density at radius 2 is 1.00 bits per heavy atom. The van der Waals surface area contributed by atoms with Crippen LogP contribution in [0.5, 0.6) is 0 Å². The summed E-state index contributed by atoms with van der Waals surface area (Å²) in [4.78, 5) is 5.25. The minimum absolute atomic E-state index is 0.00268. The zero-order valence-electron chi connectivity index (χ0n) is 44.1. The second kappa shape index (κ2) is 15.9. The number of nitrogens with zero attached hydrogens (tertiary/aromatic N) is 3. The monoisotopic (exact) mass is 947 g/mol. The van der Waals surface area contributed by atoms with E-state index in [-0.39, 0.29) is 23.0 Å². The van der Waals surface area contributed by atoms with Crippen molar-refractivity contribution in [1.82, 2.24) is 4.57 Å². The van der Waals surface area contributed by atoms with Crippen molar-refractivity contribution in [3.05, 3.63) is 204 Å². The molecule has 73 heavy (non-hydrogen) atoms. The lowest BCUT2D eigenvalue weighted by Crippen LogP contribution is -2.61. The lowest BCUT2D eigenvalue weighted by Gasteiger charge is -2.46. The van der Waals surface area contributed by atoms with Gasteiger partial charge in [0.25, 0.3) is 6.71 Å². The lowest BCUT2D eigenvalue weighted by molar-refractivity contribution is 0.589. The Morgan fingerprint density at radius 1 is 0.411 bits per heavy atom. The summed E-state index contributed by atoms with van der Waals surface area (Å²) in [6.45, 7) is 25.7. The second-order valence-corrected chi connectivity index (χ2v) is 24.0. The molecular weight excluding hydrogens is 886 g/mol. The maximum absolute atomic E-state index is 6.58. The Hall–Kier alpha value is -7.76. The molecule has 0 unspecified atom stereocenters. The summed E-state index contributed by atoms with van der Waals surface area (Å²) in [7, 11) is 0. The first-order chi connectivity index (χ1) is 34.9. The van der Waals surface area contributed by atoms with E-state index in [9.17, 15) is 0 Å². The Labute approximate surface area is 430 Å². The summed E-state index contributed by atoms with van der Waals surface area (Å²) in [5, 5.41) is 4.79. The van der Waals surface area contributed by atoms with E-state index in [1.807, 2.05) is 6.07 Å². The molecule has 4 nitrogen and oxygen atoms in total. The molecule has 0 radical (unpaired) electrons. The van der Waals surface area contributed by atoms with Gasteiger partial charge in [-0.15, -0.1) is 0 Å². The molecule has 0 amide bonds. The zero-order valence-corrected chi connectivity index (χ0v) is 44.1. The first kappa shape index (κ1) is 45.1. The lowest BCUT2D eigenvalue weighted by atomic mass is 9.33. The van der Waals surface area contributed by atoms with Crippen molar-refractivity contribution in [3.63, 3.8) is 0 Å². The molecule has 4 heterocycles. The second-order valence-electron chi connectivity index (χ2n) is 24.0. The van der Waals surface area contributed by atoms with Gasteiger partial charge in [0.2, 0.25) is 0 Å². The summed E-state index contributed by atoms with van der Waals surface area (Å²) >= 11 is 0. The van der Waals surface area contributed by atoms with Gasteiger partial charge in [0, 0.05) is 61.2 Å². The van der Waals surface area contributed by atoms with Gasteiger partial charge < -0.3 is 18.8 Å². The van der Waals surface area contributed by atoms with Crippen molar-refractivity contribution in [2.75, 3.05) is 9.80 Å². The first-order valence-corrected chi connectivity index (χ1v) is 26.1. The first-order valence-electron chi connectivity index (χ1n) is 26.1. The van der Waals surface area contributed by atoms with Gasteiger partial charge in [0.1, 0.15) is 11.2 Å². The minimum atomic E-state index is -0.162. The van der Waals surface area contributed by atoms with Crippen molar-refractivity contribution in [1.29, 1.82) is 0 Å². The molecule has 0 bridgehead atoms. The number of fused-ring (bicyclic) bond motifs is 10. The normalized spacial score (nSPS) is 13.6. The van der Waals surface area contributed by atoms with Crippen molar-refractivity contribution in [2.24, 2.45) is 0 Å². The van der Waals surface area contributed by atoms with Crippen LogP contribution in [0.3, 0.4) is 0 Å². The number of furan rings is 1. The molecule has 2 aliphatic heterocycles. The number of para-hydroxylation sites is 4. The van der Waals surface area contributed by atoms with Gasteiger partial charge >= 0.3 is 0 Å². The Morgan fingerprint density at radius 3 is 1.70 bits per heavy atom. The fourth-order valence-electron chi connectivity index (χ4n) is 12.2. The molecule has 2 aliphatic rings. The van der Waals surface area contributed by atoms with Crippen molar-refractivity contribution >= 4 is 101 Å². The van der Waals surface area contributed by atoms with Crippen LogP contribution in [0.1, 0.15) is 90.1 Å². The molecule has 0 spiro atoms. The highest BCUT2D eigenvalue weighted by molar-refractivity contribution is 7.00. The van der Waals surface area contributed by atoms with Crippen LogP contribution in [0.4, 0.5) is 34.1 Å². The molecule has 0 fully saturated rings. The third-order valence-electron chi connectivity index (χ3n) is 16.0. The maximum Gasteiger partial charge on any atom is 0.252 e. The highest BCUT2D eigenvalue weighted by Crippen LogP contribution is 2.50. The van der Waals surface area contributed by atoms with Gasteiger partial charge in [-0.2, -0.15) is 0 Å². The molecule has 358 valence electrons. The fourth-order valence-corrected chi connectivity index (χ4v) is 12.2. The van der Waals surface area contributed by atoms with Crippen LogP contribution in [0.25, 0.3) is 60.6 Å². The number of benzene rings is 9. The third kappa shape index (κ3) is 6.95. The molecule has 2 aromatic heterocycles. The summed E-state index contributed by atoms with van der Waals surface area (Å²) in [5.41, 5.74) is 25.1. The number of hydrogen-bond donors (Lipinski definition) is 0. The quantitative estimate of drug-likeness (QED) is 0.164. The van der Waals surface area contributed by atoms with Crippen molar-refractivity contribution in [2.45, 2.75) is 92.4 Å². The van der Waals surface area contributed by atoms with Gasteiger partial charge in [0.05, 0.1) is 16.7 Å². The zero-order chi connectivity index (χ0) is 50.5. The number of aromatic nitrogens is 1. The van der Waals surface area contributed by atoms with Crippen LogP contribution in [0.2, 0.25) is 0 Å². The maximum atomic E-state index is 6.58. The van der Waals surface area contributed by atoms with Crippen LogP contribution in [-0.4, -0.2) is 11.3 Å². The van der Waals surface area contributed by atoms with Gasteiger partial charge in [-0.3, -0.25) is 0 Å².